The van der Waals surface area contributed by atoms with Crippen LogP contribution in [0.1, 0.15) is 34.5 Å². The zero-order chi connectivity index (χ0) is 22.5. The maximum atomic E-state index is 12.8. The van der Waals surface area contributed by atoms with Crippen LogP contribution in [0.15, 0.2) is 78.6 Å². The maximum Gasteiger partial charge on any atom is 0.352 e. The molecule has 0 fully saturated rings. The maximum absolute atomic E-state index is 12.8. The van der Waals surface area contributed by atoms with E-state index in [-0.39, 0.29) is 18.1 Å². The molecular formula is C26H22O6. The molecule has 6 nitrogen and oxygen atoms in total. The third-order valence-corrected chi connectivity index (χ3v) is 4.89. The van der Waals surface area contributed by atoms with Gasteiger partial charge in [-0.05, 0) is 42.8 Å². The summed E-state index contributed by atoms with van der Waals surface area (Å²) in [6, 6.07) is 21.3. The zero-order valence-corrected chi connectivity index (χ0v) is 17.7. The first-order valence-electron chi connectivity index (χ1n) is 10.2. The molecule has 1 unspecified atom stereocenters. The van der Waals surface area contributed by atoms with Gasteiger partial charge in [0.2, 0.25) is 11.9 Å². The molecule has 1 aliphatic heterocycles. The fourth-order valence-corrected chi connectivity index (χ4v) is 3.36. The summed E-state index contributed by atoms with van der Waals surface area (Å²) < 4.78 is 22.2. The summed E-state index contributed by atoms with van der Waals surface area (Å²) in [7, 11) is 1.58. The van der Waals surface area contributed by atoms with Crippen LogP contribution in [0, 0.1) is 0 Å². The minimum atomic E-state index is -0.932. The van der Waals surface area contributed by atoms with Crippen LogP contribution in [-0.4, -0.2) is 25.5 Å². The minimum Gasteiger partial charge on any atom is -0.497 e. The lowest BCUT2D eigenvalue weighted by atomic mass is 10.1. The van der Waals surface area contributed by atoms with Crippen LogP contribution >= 0.6 is 0 Å². The fourth-order valence-electron chi connectivity index (χ4n) is 3.36. The van der Waals surface area contributed by atoms with E-state index in [1.54, 1.807) is 50.4 Å². The molecular weight excluding hydrogens is 408 g/mol. The van der Waals surface area contributed by atoms with Gasteiger partial charge in [-0.25, -0.2) is 4.79 Å². The van der Waals surface area contributed by atoms with E-state index in [2.05, 4.69) is 0 Å². The molecule has 3 aromatic rings. The molecule has 162 valence electrons. The van der Waals surface area contributed by atoms with Crippen molar-refractivity contribution in [3.8, 4) is 17.2 Å². The van der Waals surface area contributed by atoms with Gasteiger partial charge in [0.1, 0.15) is 17.2 Å². The molecule has 1 aliphatic rings. The molecule has 0 radical (unpaired) electrons. The SMILES string of the molecule is CCOC(=O)C(Oc1ccc2c(c1)O/C(=C\c1cccc(OC)c1)C2=O)c1ccccc1. The molecule has 0 aliphatic carbocycles. The number of ketones is 1. The van der Waals surface area contributed by atoms with Crippen LogP contribution in [0.4, 0.5) is 0 Å². The predicted molar refractivity (Wildman–Crippen MR) is 119 cm³/mol. The molecule has 1 heterocycles. The Morgan fingerprint density at radius 3 is 2.56 bits per heavy atom. The Morgan fingerprint density at radius 2 is 1.81 bits per heavy atom. The van der Waals surface area contributed by atoms with Crippen molar-refractivity contribution in [2.45, 2.75) is 13.0 Å². The summed E-state index contributed by atoms with van der Waals surface area (Å²) in [6.45, 7) is 1.98. The van der Waals surface area contributed by atoms with Gasteiger partial charge in [-0.15, -0.1) is 0 Å². The van der Waals surface area contributed by atoms with Gasteiger partial charge in [-0.2, -0.15) is 0 Å². The van der Waals surface area contributed by atoms with E-state index in [9.17, 15) is 9.59 Å². The first kappa shape index (κ1) is 21.2. The highest BCUT2D eigenvalue weighted by Gasteiger charge is 2.29. The van der Waals surface area contributed by atoms with Gasteiger partial charge in [0.05, 0.1) is 19.3 Å². The minimum absolute atomic E-state index is 0.204. The number of carbonyl (C=O) groups is 2. The molecule has 4 rings (SSSR count). The Labute approximate surface area is 186 Å². The molecule has 0 saturated heterocycles. The van der Waals surface area contributed by atoms with E-state index < -0.39 is 12.1 Å². The second-order valence-corrected chi connectivity index (χ2v) is 7.03. The number of benzene rings is 3. The van der Waals surface area contributed by atoms with Crippen LogP contribution in [0.2, 0.25) is 0 Å². The number of rotatable bonds is 7. The van der Waals surface area contributed by atoms with Gasteiger partial charge < -0.3 is 18.9 Å². The van der Waals surface area contributed by atoms with Gasteiger partial charge >= 0.3 is 5.97 Å². The highest BCUT2D eigenvalue weighted by molar-refractivity contribution is 6.14. The molecule has 0 aromatic heterocycles. The third kappa shape index (κ3) is 4.49. The first-order valence-corrected chi connectivity index (χ1v) is 10.2. The van der Waals surface area contributed by atoms with Crippen LogP contribution in [-0.2, 0) is 9.53 Å². The number of Topliss-reactive ketones (excluding diaryl/α,β-unsaturated/α-hetero) is 1. The molecule has 0 amide bonds. The largest absolute Gasteiger partial charge is 0.497 e. The lowest BCUT2D eigenvalue weighted by molar-refractivity contribution is -0.151. The van der Waals surface area contributed by atoms with Crippen molar-refractivity contribution >= 4 is 17.8 Å². The number of ether oxygens (including phenoxy) is 4. The van der Waals surface area contributed by atoms with E-state index in [4.69, 9.17) is 18.9 Å². The van der Waals surface area contributed by atoms with Crippen LogP contribution in [0.3, 0.4) is 0 Å². The van der Waals surface area contributed by atoms with Crippen LogP contribution in [0.25, 0.3) is 6.08 Å². The van der Waals surface area contributed by atoms with Crippen LogP contribution < -0.4 is 14.2 Å². The Bertz CT molecular complexity index is 1170. The Kier molecular flexibility index (Phi) is 6.22. The van der Waals surface area contributed by atoms with Crippen molar-refractivity contribution < 1.29 is 28.5 Å². The van der Waals surface area contributed by atoms with E-state index in [0.717, 1.165) is 5.56 Å². The molecule has 3 aromatic carbocycles. The van der Waals surface area contributed by atoms with Crippen molar-refractivity contribution in [2.75, 3.05) is 13.7 Å². The smallest absolute Gasteiger partial charge is 0.352 e. The lowest BCUT2D eigenvalue weighted by Gasteiger charge is -2.18. The number of carbonyl (C=O) groups excluding carboxylic acids is 2. The van der Waals surface area contributed by atoms with E-state index >= 15 is 0 Å². The van der Waals surface area contributed by atoms with E-state index in [1.807, 2.05) is 42.5 Å². The average molecular weight is 430 g/mol. The highest BCUT2D eigenvalue weighted by atomic mass is 16.6. The first-order chi connectivity index (χ1) is 15.6. The number of methoxy groups -OCH3 is 1. The topological polar surface area (TPSA) is 71.1 Å². The monoisotopic (exact) mass is 430 g/mol. The summed E-state index contributed by atoms with van der Waals surface area (Å²) in [5, 5.41) is 0. The van der Waals surface area contributed by atoms with Gasteiger partial charge in [0.25, 0.3) is 0 Å². The molecule has 0 N–H and O–H groups in total. The number of hydrogen-bond acceptors (Lipinski definition) is 6. The zero-order valence-electron chi connectivity index (χ0n) is 17.7. The summed E-state index contributed by atoms with van der Waals surface area (Å²) >= 11 is 0. The van der Waals surface area contributed by atoms with Gasteiger partial charge in [0.15, 0.2) is 5.76 Å². The predicted octanol–water partition coefficient (Wildman–Crippen LogP) is 4.99. The summed E-state index contributed by atoms with van der Waals surface area (Å²) in [5.74, 6) is 0.937. The lowest BCUT2D eigenvalue weighted by Crippen LogP contribution is -2.21. The Hall–Kier alpha value is -4.06. The second-order valence-electron chi connectivity index (χ2n) is 7.03. The van der Waals surface area contributed by atoms with Gasteiger partial charge in [-0.3, -0.25) is 4.79 Å². The highest BCUT2D eigenvalue weighted by Crippen LogP contribution is 2.36. The quantitative estimate of drug-likeness (QED) is 0.388. The van der Waals surface area contributed by atoms with Crippen molar-refractivity contribution in [1.82, 2.24) is 0 Å². The second kappa shape index (κ2) is 9.39. The van der Waals surface area contributed by atoms with Crippen molar-refractivity contribution in [3.63, 3.8) is 0 Å². The molecule has 0 spiro atoms. The van der Waals surface area contributed by atoms with Crippen LogP contribution in [0.5, 0.6) is 17.2 Å². The van der Waals surface area contributed by atoms with E-state index in [0.29, 0.717) is 28.4 Å². The molecule has 6 heteroatoms. The molecule has 0 bridgehead atoms. The van der Waals surface area contributed by atoms with Crippen molar-refractivity contribution in [2.24, 2.45) is 0 Å². The summed E-state index contributed by atoms with van der Waals surface area (Å²) in [4.78, 5) is 25.3. The molecule has 0 saturated carbocycles. The Balaban J connectivity index is 1.58. The van der Waals surface area contributed by atoms with Gasteiger partial charge in [-0.1, -0.05) is 42.5 Å². The molecule has 32 heavy (non-hydrogen) atoms. The van der Waals surface area contributed by atoms with Gasteiger partial charge in [0, 0.05) is 11.6 Å². The number of esters is 1. The Morgan fingerprint density at radius 1 is 1.00 bits per heavy atom. The summed E-state index contributed by atoms with van der Waals surface area (Å²) in [5.41, 5.74) is 1.88. The summed E-state index contributed by atoms with van der Waals surface area (Å²) in [6.07, 6.45) is 0.731. The number of hydrogen-bond donors (Lipinski definition) is 0. The van der Waals surface area contributed by atoms with E-state index in [1.165, 1.54) is 0 Å². The average Bonchev–Trinajstić information content (AvgIpc) is 3.12. The number of fused-ring (bicyclic) bond motifs is 1. The standard InChI is InChI=1S/C26H22O6/c1-3-30-26(28)25(18-9-5-4-6-10-18)31-20-12-13-21-22(16-20)32-23(24(21)27)15-17-8-7-11-19(14-17)29-2/h4-16,25H,3H2,1-2H3/b23-15-. The normalized spacial score (nSPS) is 14.4. The third-order valence-electron chi connectivity index (χ3n) is 4.89. The number of allylic oxidation sites excluding steroid dienone is 1. The molecule has 1 atom stereocenters. The van der Waals surface area contributed by atoms with Crippen molar-refractivity contribution in [3.05, 3.63) is 95.2 Å². The van der Waals surface area contributed by atoms with Crippen molar-refractivity contribution in [1.29, 1.82) is 0 Å². The fraction of sp³-hybridized carbons (Fsp3) is 0.154.